The van der Waals surface area contributed by atoms with Crippen LogP contribution in [0.25, 0.3) is 0 Å². The van der Waals surface area contributed by atoms with Gasteiger partial charge in [-0.1, -0.05) is 119 Å². The molecular weight excluding hydrogens is 820 g/mol. The van der Waals surface area contributed by atoms with Crippen LogP contribution >= 0.6 is 15.9 Å². The van der Waals surface area contributed by atoms with Gasteiger partial charge >= 0.3 is 23.9 Å². The first kappa shape index (κ1) is 61.5. The number of carboxylic acids is 4. The topological polar surface area (TPSA) is 183 Å². The summed E-state index contributed by atoms with van der Waals surface area (Å²) in [7, 11) is 7.94. The largest absolute Gasteiger partial charge is 0.481 e. The molecule has 12 nitrogen and oxygen atoms in total. The van der Waals surface area contributed by atoms with Crippen molar-refractivity contribution in [3.63, 3.8) is 0 Å². The number of nitrogens with zero attached hydrogens (tertiary/aromatic N) is 1. The van der Waals surface area contributed by atoms with Crippen LogP contribution in [0.15, 0.2) is 0 Å². The molecule has 0 saturated heterocycles. The van der Waals surface area contributed by atoms with E-state index in [1.165, 1.54) is 0 Å². The van der Waals surface area contributed by atoms with Crippen LogP contribution in [0.3, 0.4) is 0 Å². The number of rotatable bonds is 43. The standard InChI is InChI=1S/C23H45NO5.C21H39BrO5.C2H7N/c1-24(2)19-13-14-20-29-21(15-9-5-3-7-11-17-22(25)26)16-10-6-4-8-12-18-23(27)28;22-17-11-12-18-27-19(13-7-3-1-5-9-15-20(23)24)14-8-4-2-6-10-16-21(25)26;1-3-2/h21H,3-20H2,1-2H3,(H,25,26)(H,27,28);19H,1-18H2,(H,23,24)(H,25,26);3H,1-2H3. The number of hydrogen-bond acceptors (Lipinski definition) is 8. The molecule has 0 heterocycles. The van der Waals surface area contributed by atoms with E-state index in [2.05, 4.69) is 40.2 Å². The maximum atomic E-state index is 10.5. The minimum Gasteiger partial charge on any atom is -0.481 e. The highest BCUT2D eigenvalue weighted by Crippen LogP contribution is 2.19. The van der Waals surface area contributed by atoms with Crippen molar-refractivity contribution in [2.75, 3.05) is 53.3 Å². The maximum Gasteiger partial charge on any atom is 0.303 e. The van der Waals surface area contributed by atoms with Gasteiger partial charge in [0, 0.05) is 44.2 Å². The van der Waals surface area contributed by atoms with Gasteiger partial charge in [0.25, 0.3) is 0 Å². The van der Waals surface area contributed by atoms with Gasteiger partial charge in [-0.3, -0.25) is 19.2 Å². The van der Waals surface area contributed by atoms with Gasteiger partial charge in [0.15, 0.2) is 0 Å². The molecule has 0 radical (unpaired) electrons. The Morgan fingerprint density at radius 3 is 0.949 bits per heavy atom. The van der Waals surface area contributed by atoms with Crippen molar-refractivity contribution in [2.45, 2.75) is 218 Å². The second-order valence-electron chi connectivity index (χ2n) is 16.2. The molecule has 0 fully saturated rings. The molecule has 0 aliphatic rings. The SMILES string of the molecule is CN(C)CCCCOC(CCCCCCCC(=O)O)CCCCCCCC(=O)O.CNC.O=C(O)CCCCCCCC(CCCCCCCC(=O)O)OCCCCBr. The summed E-state index contributed by atoms with van der Waals surface area (Å²) < 4.78 is 12.3. The number of hydrogen-bond donors (Lipinski definition) is 5. The summed E-state index contributed by atoms with van der Waals surface area (Å²) in [6, 6.07) is 0. The fraction of sp³-hybridized carbons (Fsp3) is 0.913. The summed E-state index contributed by atoms with van der Waals surface area (Å²) >= 11 is 3.45. The van der Waals surface area contributed by atoms with E-state index < -0.39 is 23.9 Å². The molecule has 0 bridgehead atoms. The van der Waals surface area contributed by atoms with Gasteiger partial charge in [-0.05, 0) is 112 Å². The summed E-state index contributed by atoms with van der Waals surface area (Å²) in [5, 5.41) is 38.4. The van der Waals surface area contributed by atoms with Crippen LogP contribution < -0.4 is 5.32 Å². The molecule has 0 aliphatic heterocycles. The van der Waals surface area contributed by atoms with Crippen molar-refractivity contribution in [2.24, 2.45) is 0 Å². The minimum atomic E-state index is -0.699. The van der Waals surface area contributed by atoms with Gasteiger partial charge in [0.2, 0.25) is 0 Å². The lowest BCUT2D eigenvalue weighted by molar-refractivity contribution is -0.138. The highest BCUT2D eigenvalue weighted by Gasteiger charge is 2.11. The van der Waals surface area contributed by atoms with Crippen molar-refractivity contribution in [1.29, 1.82) is 0 Å². The molecule has 0 aromatic rings. The summed E-state index contributed by atoms with van der Waals surface area (Å²) in [4.78, 5) is 44.2. The zero-order chi connectivity index (χ0) is 44.6. The number of halogens is 1. The van der Waals surface area contributed by atoms with Crippen LogP contribution in [0, 0.1) is 0 Å². The first-order valence-electron chi connectivity index (χ1n) is 23.3. The molecule has 0 aromatic heterocycles. The molecule has 0 atom stereocenters. The Morgan fingerprint density at radius 1 is 0.441 bits per heavy atom. The molecule has 5 N–H and O–H groups in total. The molecule has 0 rings (SSSR count). The Kier molecular flexibility index (Phi) is 52.7. The molecule has 13 heteroatoms. The van der Waals surface area contributed by atoms with E-state index in [1.807, 2.05) is 14.1 Å². The minimum absolute atomic E-state index is 0.283. The Morgan fingerprint density at radius 2 is 0.695 bits per heavy atom. The molecule has 0 spiro atoms. The summed E-state index contributed by atoms with van der Waals surface area (Å²) in [6.07, 6.45) is 31.4. The van der Waals surface area contributed by atoms with Crippen LogP contribution in [-0.4, -0.2) is 115 Å². The molecule has 0 amide bonds. The lowest BCUT2D eigenvalue weighted by Crippen LogP contribution is -2.16. The van der Waals surface area contributed by atoms with Crippen molar-refractivity contribution < 1.29 is 49.1 Å². The van der Waals surface area contributed by atoms with E-state index in [-0.39, 0.29) is 25.7 Å². The number of unbranched alkanes of at least 4 members (excludes halogenated alkanes) is 18. The average Bonchev–Trinajstić information content (AvgIpc) is 3.17. The van der Waals surface area contributed by atoms with Gasteiger partial charge in [-0.2, -0.15) is 0 Å². The number of carbonyl (C=O) groups is 4. The van der Waals surface area contributed by atoms with E-state index in [4.69, 9.17) is 29.9 Å². The highest BCUT2D eigenvalue weighted by molar-refractivity contribution is 9.09. The Hall–Kier alpha value is -1.80. The Labute approximate surface area is 368 Å². The normalized spacial score (nSPS) is 11.1. The third kappa shape index (κ3) is 60.6. The van der Waals surface area contributed by atoms with E-state index in [9.17, 15) is 19.2 Å². The number of ether oxygens (including phenoxy) is 2. The van der Waals surface area contributed by atoms with Gasteiger partial charge in [-0.15, -0.1) is 0 Å². The van der Waals surface area contributed by atoms with Crippen LogP contribution in [0.1, 0.15) is 205 Å². The summed E-state index contributed by atoms with van der Waals surface area (Å²) in [6.45, 7) is 2.75. The lowest BCUT2D eigenvalue weighted by atomic mass is 10.0. The predicted octanol–water partition coefficient (Wildman–Crippen LogP) is 11.4. The van der Waals surface area contributed by atoms with Crippen LogP contribution in [0.5, 0.6) is 0 Å². The fourth-order valence-corrected chi connectivity index (χ4v) is 6.96. The van der Waals surface area contributed by atoms with Gasteiger partial charge in [-0.25, -0.2) is 0 Å². The lowest BCUT2D eigenvalue weighted by Gasteiger charge is -2.18. The average molecular weight is 912 g/mol. The van der Waals surface area contributed by atoms with Crippen molar-refractivity contribution >= 4 is 39.8 Å². The molecular formula is C46H91BrN2O10. The quantitative estimate of drug-likeness (QED) is 0.0289. The maximum absolute atomic E-state index is 10.5. The zero-order valence-corrected chi connectivity index (χ0v) is 39.8. The molecule has 0 aromatic carbocycles. The highest BCUT2D eigenvalue weighted by atomic mass is 79.9. The Bertz CT molecular complexity index is 872. The Balaban J connectivity index is -0.000000998. The molecule has 0 saturated carbocycles. The number of carboxylic acid groups (broad SMARTS) is 4. The third-order valence-electron chi connectivity index (χ3n) is 9.90. The van der Waals surface area contributed by atoms with Gasteiger partial charge < -0.3 is 40.1 Å². The van der Waals surface area contributed by atoms with E-state index >= 15 is 0 Å². The second-order valence-corrected chi connectivity index (χ2v) is 17.0. The van der Waals surface area contributed by atoms with Gasteiger partial charge in [0.05, 0.1) is 12.2 Å². The third-order valence-corrected chi connectivity index (χ3v) is 10.5. The van der Waals surface area contributed by atoms with Crippen LogP contribution in [0.4, 0.5) is 0 Å². The fourth-order valence-electron chi connectivity index (χ4n) is 6.56. The zero-order valence-electron chi connectivity index (χ0n) is 38.2. The van der Waals surface area contributed by atoms with Gasteiger partial charge in [0.1, 0.15) is 0 Å². The number of alkyl halides is 1. The van der Waals surface area contributed by atoms with Crippen molar-refractivity contribution in [3.8, 4) is 0 Å². The predicted molar refractivity (Wildman–Crippen MR) is 245 cm³/mol. The van der Waals surface area contributed by atoms with Crippen LogP contribution in [0.2, 0.25) is 0 Å². The molecule has 59 heavy (non-hydrogen) atoms. The molecule has 352 valence electrons. The van der Waals surface area contributed by atoms with E-state index in [1.54, 1.807) is 0 Å². The number of nitrogens with one attached hydrogen (secondary N) is 1. The monoisotopic (exact) mass is 911 g/mol. The number of aliphatic carboxylic acids is 4. The summed E-state index contributed by atoms with van der Waals surface area (Å²) in [5.41, 5.74) is 0. The van der Waals surface area contributed by atoms with E-state index in [0.29, 0.717) is 12.2 Å². The first-order valence-corrected chi connectivity index (χ1v) is 24.4. The molecule has 0 unspecified atom stereocenters. The van der Waals surface area contributed by atoms with E-state index in [0.717, 1.165) is 205 Å². The smallest absolute Gasteiger partial charge is 0.303 e. The second kappa shape index (κ2) is 50.6. The van der Waals surface area contributed by atoms with Crippen LogP contribution in [-0.2, 0) is 28.7 Å². The first-order chi connectivity index (χ1) is 28.4. The van der Waals surface area contributed by atoms with Crippen molar-refractivity contribution in [3.05, 3.63) is 0 Å². The summed E-state index contributed by atoms with van der Waals surface area (Å²) in [5.74, 6) is -2.80. The molecule has 0 aliphatic carbocycles. The van der Waals surface area contributed by atoms with Crippen molar-refractivity contribution in [1.82, 2.24) is 10.2 Å².